The summed E-state index contributed by atoms with van der Waals surface area (Å²) in [5.41, 5.74) is 5.36. The monoisotopic (exact) mass is 1590 g/mol. The Hall–Kier alpha value is -14.0. The SMILES string of the molecule is CC(C)COC(=O)N(CC(=O)O)[C@@H](C)c1ccc(OCc2noc(-c3ccccc3)n2)cc1.COc1ccc(OC(=O)N(CC(=O)O)[C@@H](C)c2ccc(OCCc3noc(-c4ccc(C)cc4)n3)cc2)cc1.COc1ccc(OC(=O)N(CC(=O)O)[C@@H](C)c2ccc(OCCc3noc(-c4ccc(OC(F)(F)F)cc4)n3)cc2)cc1. The molecule has 0 saturated heterocycles. The number of ether oxygens (including phenoxy) is 9. The molecule has 0 saturated carbocycles. The van der Waals surface area contributed by atoms with Crippen molar-refractivity contribution >= 4 is 36.2 Å². The van der Waals surface area contributed by atoms with Gasteiger partial charge in [0.05, 0.1) is 52.2 Å². The highest BCUT2D eigenvalue weighted by atomic mass is 19.4. The lowest BCUT2D eigenvalue weighted by molar-refractivity contribution is -0.274. The van der Waals surface area contributed by atoms with Gasteiger partial charge in [-0.1, -0.05) is 102 Å². The first-order chi connectivity index (χ1) is 55.1. The summed E-state index contributed by atoms with van der Waals surface area (Å²) in [6, 6.07) is 54.2. The van der Waals surface area contributed by atoms with Crippen LogP contribution < -0.4 is 37.9 Å². The maximum Gasteiger partial charge on any atom is 0.573 e. The van der Waals surface area contributed by atoms with Gasteiger partial charge in [-0.05, 0) is 184 Å². The van der Waals surface area contributed by atoms with E-state index < -0.39 is 80.3 Å². The maximum atomic E-state index is 12.8. The molecule has 0 unspecified atom stereocenters. The van der Waals surface area contributed by atoms with Crippen molar-refractivity contribution in [1.29, 1.82) is 0 Å². The van der Waals surface area contributed by atoms with Crippen LogP contribution in [0.15, 0.2) is 214 Å². The third kappa shape index (κ3) is 26.6. The predicted molar refractivity (Wildman–Crippen MR) is 405 cm³/mol. The van der Waals surface area contributed by atoms with E-state index in [1.54, 1.807) is 130 Å². The Balaban J connectivity index is 0.000000199. The third-order valence-electron chi connectivity index (χ3n) is 16.8. The van der Waals surface area contributed by atoms with E-state index in [1.807, 2.05) is 75.4 Å². The standard InChI is InChI=1S/C29H26F3N3O8.C29H29N3O7.C24H27N3O6/c1-18(35(17-26(36)37)28(38)41-23-13-11-21(39-2)12-14-23)19-3-7-22(8-4-19)40-16-15-25-33-27(43-34-25)20-5-9-24(10-6-20)42-29(30,31)32;1-19-4-6-22(7-5-19)28-30-26(31-39-28)16-17-37-24-10-8-21(9-11-24)20(2)32(18-27(33)34)29(35)38-25-14-12-23(36-3)13-15-25;1-16(2)14-32-24(30)27(13-22(28)29)17(3)18-9-11-20(12-10-18)31-15-21-25-23(33-26-21)19-7-5-4-6-8-19/h3-14,18H,15-17H2,1-2H3,(H,36,37);4-15,20H,16-18H2,1-3H3,(H,33,34);4-12,16-17H,13-15H2,1-3H3,(H,28,29)/t18-;20-;17-/m000/s1. The van der Waals surface area contributed by atoms with E-state index in [1.165, 1.54) is 43.4 Å². The van der Waals surface area contributed by atoms with Crippen LogP contribution in [0.4, 0.5) is 27.6 Å². The molecule has 11 rings (SSSR count). The first-order valence-electron chi connectivity index (χ1n) is 35.6. The number of nitrogens with zero attached hydrogens (tertiary/aromatic N) is 9. The van der Waals surface area contributed by atoms with Gasteiger partial charge in [-0.3, -0.25) is 29.1 Å². The second kappa shape index (κ2) is 41.3. The van der Waals surface area contributed by atoms with Crippen LogP contribution in [-0.4, -0.2) is 157 Å². The number of aryl methyl sites for hydroxylation is 1. The number of amides is 3. The highest BCUT2D eigenvalue weighted by molar-refractivity contribution is 5.80. The Morgan fingerprint density at radius 3 is 1.11 bits per heavy atom. The Kier molecular flexibility index (Phi) is 30.5. The molecule has 0 aliphatic rings. The Labute approximate surface area is 657 Å². The van der Waals surface area contributed by atoms with E-state index in [-0.39, 0.29) is 55.3 Å². The van der Waals surface area contributed by atoms with Crippen molar-refractivity contribution in [3.05, 3.63) is 240 Å². The summed E-state index contributed by atoms with van der Waals surface area (Å²) >= 11 is 0. The molecular formula is C82H82F3N9O21. The van der Waals surface area contributed by atoms with Gasteiger partial charge < -0.3 is 71.5 Å². The number of carboxylic acid groups (broad SMARTS) is 3. The number of carboxylic acids is 3. The zero-order valence-electron chi connectivity index (χ0n) is 63.6. The average molecular weight is 1590 g/mol. The summed E-state index contributed by atoms with van der Waals surface area (Å²) in [5, 5.41) is 39.8. The number of benzene rings is 8. The van der Waals surface area contributed by atoms with Crippen molar-refractivity contribution in [2.45, 2.75) is 85.5 Å². The fourth-order valence-corrected chi connectivity index (χ4v) is 10.6. The highest BCUT2D eigenvalue weighted by Crippen LogP contribution is 2.32. The van der Waals surface area contributed by atoms with E-state index in [2.05, 4.69) is 35.2 Å². The van der Waals surface area contributed by atoms with Gasteiger partial charge in [0.2, 0.25) is 5.82 Å². The lowest BCUT2D eigenvalue weighted by Crippen LogP contribution is -2.39. The van der Waals surface area contributed by atoms with Gasteiger partial charge in [0.25, 0.3) is 17.7 Å². The molecule has 11 aromatic rings. The Morgan fingerprint density at radius 1 is 0.409 bits per heavy atom. The van der Waals surface area contributed by atoms with Crippen molar-refractivity contribution in [3.8, 4) is 80.4 Å². The summed E-state index contributed by atoms with van der Waals surface area (Å²) in [4.78, 5) is 88.7. The topological polar surface area (TPSA) is 373 Å². The first kappa shape index (κ1) is 85.0. The van der Waals surface area contributed by atoms with Gasteiger partial charge in [-0.2, -0.15) is 15.0 Å². The largest absolute Gasteiger partial charge is 0.573 e. The number of aliphatic carboxylic acids is 3. The van der Waals surface area contributed by atoms with Gasteiger partial charge in [0, 0.05) is 29.5 Å². The van der Waals surface area contributed by atoms with Crippen LogP contribution in [0.3, 0.4) is 0 Å². The van der Waals surface area contributed by atoms with Crippen LogP contribution in [0.2, 0.25) is 0 Å². The maximum absolute atomic E-state index is 12.8. The number of alkyl halides is 3. The molecule has 3 amide bonds. The van der Waals surface area contributed by atoms with Gasteiger partial charge in [0.15, 0.2) is 18.3 Å². The zero-order valence-corrected chi connectivity index (χ0v) is 63.6. The van der Waals surface area contributed by atoms with Crippen molar-refractivity contribution in [2.24, 2.45) is 5.92 Å². The molecule has 115 heavy (non-hydrogen) atoms. The number of aromatic nitrogens is 6. The van der Waals surface area contributed by atoms with Gasteiger partial charge in [-0.25, -0.2) is 14.4 Å². The van der Waals surface area contributed by atoms with Crippen molar-refractivity contribution in [1.82, 2.24) is 45.1 Å². The fraction of sp³-hybridized carbons (Fsp3) is 0.268. The van der Waals surface area contributed by atoms with Crippen molar-refractivity contribution < 1.29 is 113 Å². The highest BCUT2D eigenvalue weighted by Gasteiger charge is 2.32. The lowest BCUT2D eigenvalue weighted by Gasteiger charge is -2.27. The van der Waals surface area contributed by atoms with E-state index >= 15 is 0 Å². The molecule has 3 N–H and O–H groups in total. The number of carbonyl (C=O) groups excluding carboxylic acids is 3. The molecule has 0 bridgehead atoms. The molecule has 0 aliphatic heterocycles. The van der Waals surface area contributed by atoms with Gasteiger partial charge >= 0.3 is 42.5 Å². The summed E-state index contributed by atoms with van der Waals surface area (Å²) in [6.45, 7) is 10.3. The summed E-state index contributed by atoms with van der Waals surface area (Å²) < 4.78 is 100. The summed E-state index contributed by atoms with van der Waals surface area (Å²) in [6.07, 6.45) is -6.32. The van der Waals surface area contributed by atoms with E-state index in [9.17, 15) is 57.3 Å². The smallest absolute Gasteiger partial charge is 0.497 e. The third-order valence-corrected chi connectivity index (χ3v) is 16.8. The number of hydrogen-bond donors (Lipinski definition) is 3. The number of rotatable bonds is 33. The fourth-order valence-electron chi connectivity index (χ4n) is 10.6. The second-order valence-electron chi connectivity index (χ2n) is 25.7. The lowest BCUT2D eigenvalue weighted by atomic mass is 10.1. The van der Waals surface area contributed by atoms with E-state index in [0.717, 1.165) is 49.7 Å². The Bertz CT molecular complexity index is 4920. The van der Waals surface area contributed by atoms with Crippen molar-refractivity contribution in [3.63, 3.8) is 0 Å². The molecule has 602 valence electrons. The zero-order chi connectivity index (χ0) is 82.6. The quantitative estimate of drug-likeness (QED) is 0.0344. The average Bonchev–Trinajstić information content (AvgIpc) is 1.31. The molecule has 0 aliphatic carbocycles. The molecule has 0 fully saturated rings. The minimum Gasteiger partial charge on any atom is -0.497 e. The molecule has 3 heterocycles. The molecule has 3 aromatic heterocycles. The number of hydrogen-bond acceptors (Lipinski definition) is 24. The number of carbonyl (C=O) groups is 6. The first-order valence-corrected chi connectivity index (χ1v) is 35.6. The van der Waals surface area contributed by atoms with Crippen LogP contribution in [0.5, 0.6) is 46.0 Å². The van der Waals surface area contributed by atoms with Crippen LogP contribution in [-0.2, 0) is 38.6 Å². The molecule has 8 aromatic carbocycles. The molecule has 3 atom stereocenters. The molecular weight excluding hydrogens is 1500 g/mol. The van der Waals surface area contributed by atoms with Crippen LogP contribution in [0.25, 0.3) is 34.4 Å². The van der Waals surface area contributed by atoms with E-state index in [0.29, 0.717) is 82.2 Å². The van der Waals surface area contributed by atoms with Crippen LogP contribution in [0.1, 0.15) is 92.5 Å². The minimum atomic E-state index is -4.79. The van der Waals surface area contributed by atoms with Gasteiger partial charge in [0.1, 0.15) is 65.6 Å². The minimum absolute atomic E-state index is 0.123. The molecule has 30 nitrogen and oxygen atoms in total. The molecule has 0 radical (unpaired) electrons. The molecule has 33 heteroatoms. The van der Waals surface area contributed by atoms with Crippen molar-refractivity contribution in [2.75, 3.05) is 53.7 Å². The van der Waals surface area contributed by atoms with Crippen LogP contribution >= 0.6 is 0 Å². The summed E-state index contributed by atoms with van der Waals surface area (Å²) in [5.74, 6) is 1.98. The molecule has 0 spiro atoms. The van der Waals surface area contributed by atoms with Gasteiger partial charge in [-0.15, -0.1) is 13.2 Å². The second-order valence-corrected chi connectivity index (χ2v) is 25.7. The normalized spacial score (nSPS) is 11.7. The van der Waals surface area contributed by atoms with E-state index in [4.69, 9.17) is 51.5 Å². The number of halogens is 3. The Morgan fingerprint density at radius 2 is 0.739 bits per heavy atom. The summed E-state index contributed by atoms with van der Waals surface area (Å²) in [7, 11) is 3.04. The van der Waals surface area contributed by atoms with Crippen LogP contribution in [0, 0.1) is 12.8 Å². The number of methoxy groups -OCH3 is 2. The predicted octanol–water partition coefficient (Wildman–Crippen LogP) is 15.8.